The Bertz CT molecular complexity index is 2010. The van der Waals surface area contributed by atoms with E-state index < -0.39 is 23.8 Å². The van der Waals surface area contributed by atoms with Crippen LogP contribution < -0.4 is 10.2 Å². The summed E-state index contributed by atoms with van der Waals surface area (Å²) in [5.74, 6) is -1.09. The number of piperidine rings is 2. The number of aryl methyl sites for hydroxylation is 1. The van der Waals surface area contributed by atoms with Gasteiger partial charge in [-0.2, -0.15) is 0 Å². The van der Waals surface area contributed by atoms with Gasteiger partial charge in [-0.1, -0.05) is 12.1 Å². The number of nitrogens with zero attached hydrogens (tertiary/aromatic N) is 5. The van der Waals surface area contributed by atoms with E-state index in [1.165, 1.54) is 0 Å². The Morgan fingerprint density at radius 1 is 0.820 bits per heavy atom. The predicted octanol–water partition coefficient (Wildman–Crippen LogP) is 3.50. The number of amides is 5. The highest BCUT2D eigenvalue weighted by molar-refractivity contribution is 6.23. The lowest BCUT2D eigenvalue weighted by Gasteiger charge is -2.37. The molecule has 8 rings (SSSR count). The summed E-state index contributed by atoms with van der Waals surface area (Å²) in [5, 5.41) is 4.51. The third-order valence-electron chi connectivity index (χ3n) is 11.1. The zero-order chi connectivity index (χ0) is 34.4. The maximum atomic E-state index is 13.3. The molecule has 0 bridgehead atoms. The van der Waals surface area contributed by atoms with Crippen LogP contribution in [0.2, 0.25) is 0 Å². The van der Waals surface area contributed by atoms with Crippen molar-refractivity contribution in [2.75, 3.05) is 50.7 Å². The second kappa shape index (κ2) is 13.3. The van der Waals surface area contributed by atoms with Gasteiger partial charge in [0.25, 0.3) is 11.8 Å². The standard InChI is InChI=1S/C38H41N7O5/c46-34-7-6-33(36(48)41-34)45-37(49)28-5-3-26(22-29(28)38(45)50)43-19-17-42(18-20-43)14-10-24-11-15-44(16-12-24)35(47)8-2-25-1-4-27-30-23-39-13-9-31(30)40-32(27)21-25/h1,3-5,9,13,21-24,33,40H,2,6-8,10-12,14-20H2,(H,41,46,48). The van der Waals surface area contributed by atoms with Gasteiger partial charge < -0.3 is 14.8 Å². The quantitative estimate of drug-likeness (QED) is 0.271. The SMILES string of the molecule is O=C1CCC(N2C(=O)c3ccc(N4CCN(CCC5CCN(C(=O)CCc6ccc7c(c6)[nH]c6ccncc67)CC5)CC4)cc3C2=O)C(=O)N1. The lowest BCUT2D eigenvalue weighted by atomic mass is 9.93. The summed E-state index contributed by atoms with van der Waals surface area (Å²) in [5.41, 5.74) is 4.83. The van der Waals surface area contributed by atoms with E-state index in [0.29, 0.717) is 23.5 Å². The summed E-state index contributed by atoms with van der Waals surface area (Å²) >= 11 is 0. The number of imide groups is 2. The van der Waals surface area contributed by atoms with Crippen LogP contribution in [-0.2, 0) is 20.8 Å². The highest BCUT2D eigenvalue weighted by Crippen LogP contribution is 2.32. The zero-order valence-electron chi connectivity index (χ0n) is 28.0. The van der Waals surface area contributed by atoms with Crippen LogP contribution in [0.5, 0.6) is 0 Å². The molecule has 0 radical (unpaired) electrons. The molecule has 0 saturated carbocycles. The van der Waals surface area contributed by atoms with Crippen molar-refractivity contribution in [3.63, 3.8) is 0 Å². The number of piperazine rings is 1. The minimum absolute atomic E-state index is 0.0997. The molecule has 0 spiro atoms. The van der Waals surface area contributed by atoms with Crippen molar-refractivity contribution >= 4 is 57.0 Å². The average molecular weight is 676 g/mol. The van der Waals surface area contributed by atoms with E-state index in [1.807, 2.05) is 23.2 Å². The van der Waals surface area contributed by atoms with Crippen LogP contribution in [0.3, 0.4) is 0 Å². The van der Waals surface area contributed by atoms with E-state index in [-0.39, 0.29) is 24.7 Å². The zero-order valence-corrected chi connectivity index (χ0v) is 28.0. The van der Waals surface area contributed by atoms with E-state index >= 15 is 0 Å². The van der Waals surface area contributed by atoms with Gasteiger partial charge in [-0.15, -0.1) is 0 Å². The van der Waals surface area contributed by atoms with Crippen LogP contribution in [0.25, 0.3) is 21.8 Å². The van der Waals surface area contributed by atoms with E-state index in [1.54, 1.807) is 18.3 Å². The fraction of sp³-hybridized carbons (Fsp3) is 0.421. The number of H-pyrrole nitrogens is 1. The number of nitrogens with one attached hydrogen (secondary N) is 2. The number of carbonyl (C=O) groups excluding carboxylic acids is 5. The molecule has 258 valence electrons. The molecule has 0 aliphatic carbocycles. The molecule has 4 aromatic rings. The molecular weight excluding hydrogens is 634 g/mol. The first kappa shape index (κ1) is 32.1. The van der Waals surface area contributed by atoms with Gasteiger partial charge in [0.2, 0.25) is 17.7 Å². The fourth-order valence-corrected chi connectivity index (χ4v) is 8.08. The summed E-state index contributed by atoms with van der Waals surface area (Å²) in [7, 11) is 0. The summed E-state index contributed by atoms with van der Waals surface area (Å²) in [4.78, 5) is 78.8. The summed E-state index contributed by atoms with van der Waals surface area (Å²) in [6.07, 6.45) is 8.37. The van der Waals surface area contributed by atoms with Crippen LogP contribution >= 0.6 is 0 Å². The number of aromatic amines is 1. The molecule has 6 heterocycles. The Morgan fingerprint density at radius 3 is 2.42 bits per heavy atom. The van der Waals surface area contributed by atoms with Crippen LogP contribution in [0, 0.1) is 5.92 Å². The molecule has 5 amide bonds. The minimum atomic E-state index is -0.962. The van der Waals surface area contributed by atoms with Gasteiger partial charge in [0.1, 0.15) is 6.04 Å². The third kappa shape index (κ3) is 6.12. The van der Waals surface area contributed by atoms with E-state index in [4.69, 9.17) is 0 Å². The third-order valence-corrected chi connectivity index (χ3v) is 11.1. The number of aromatic nitrogens is 2. The molecule has 2 N–H and O–H groups in total. The Hall–Kier alpha value is -5.10. The normalized spacial score (nSPS) is 20.6. The fourth-order valence-electron chi connectivity index (χ4n) is 8.08. The molecule has 4 aliphatic heterocycles. The molecule has 50 heavy (non-hydrogen) atoms. The van der Waals surface area contributed by atoms with Gasteiger partial charge in [-0.3, -0.25) is 44.1 Å². The van der Waals surface area contributed by atoms with Crippen molar-refractivity contribution in [3.8, 4) is 0 Å². The molecule has 4 aliphatic rings. The van der Waals surface area contributed by atoms with Crippen LogP contribution in [0.15, 0.2) is 54.9 Å². The topological polar surface area (TPSA) is 139 Å². The summed E-state index contributed by atoms with van der Waals surface area (Å²) in [6, 6.07) is 12.8. The number of carbonyl (C=O) groups is 5. The number of benzene rings is 2. The minimum Gasteiger partial charge on any atom is -0.369 e. The van der Waals surface area contributed by atoms with Crippen molar-refractivity contribution in [2.45, 2.75) is 51.0 Å². The van der Waals surface area contributed by atoms with Gasteiger partial charge in [0.15, 0.2) is 0 Å². The smallest absolute Gasteiger partial charge is 0.262 e. The van der Waals surface area contributed by atoms with E-state index in [0.717, 1.165) is 109 Å². The van der Waals surface area contributed by atoms with Crippen molar-refractivity contribution in [2.24, 2.45) is 5.92 Å². The number of hydrogen-bond donors (Lipinski definition) is 2. The van der Waals surface area contributed by atoms with Crippen molar-refractivity contribution in [1.82, 2.24) is 30.0 Å². The molecule has 1 atom stereocenters. The lowest BCUT2D eigenvalue weighted by Crippen LogP contribution is -2.54. The van der Waals surface area contributed by atoms with Crippen LogP contribution in [0.1, 0.15) is 64.8 Å². The molecular formula is C38H41N7O5. The average Bonchev–Trinajstić information content (AvgIpc) is 3.63. The number of hydrogen-bond acceptors (Lipinski definition) is 8. The molecule has 12 nitrogen and oxygen atoms in total. The van der Waals surface area contributed by atoms with E-state index in [9.17, 15) is 24.0 Å². The van der Waals surface area contributed by atoms with Crippen LogP contribution in [-0.4, -0.2) is 106 Å². The Kier molecular flexibility index (Phi) is 8.55. The summed E-state index contributed by atoms with van der Waals surface area (Å²) in [6.45, 7) is 6.12. The molecule has 1 unspecified atom stereocenters. The Labute approximate surface area is 289 Å². The summed E-state index contributed by atoms with van der Waals surface area (Å²) < 4.78 is 0. The van der Waals surface area contributed by atoms with Gasteiger partial charge >= 0.3 is 0 Å². The number of likely N-dealkylation sites (tertiary alicyclic amines) is 1. The number of anilines is 1. The predicted molar refractivity (Wildman–Crippen MR) is 188 cm³/mol. The monoisotopic (exact) mass is 675 g/mol. The maximum Gasteiger partial charge on any atom is 0.262 e. The van der Waals surface area contributed by atoms with Crippen molar-refractivity contribution < 1.29 is 24.0 Å². The highest BCUT2D eigenvalue weighted by atomic mass is 16.2. The van der Waals surface area contributed by atoms with Crippen molar-refractivity contribution in [1.29, 1.82) is 0 Å². The van der Waals surface area contributed by atoms with Crippen LogP contribution in [0.4, 0.5) is 5.69 Å². The molecule has 2 aromatic heterocycles. The lowest BCUT2D eigenvalue weighted by molar-refractivity contribution is -0.136. The Morgan fingerprint density at radius 2 is 1.62 bits per heavy atom. The van der Waals surface area contributed by atoms with Gasteiger partial charge in [-0.05, 0) is 80.5 Å². The number of rotatable bonds is 8. The highest BCUT2D eigenvalue weighted by Gasteiger charge is 2.44. The largest absolute Gasteiger partial charge is 0.369 e. The first-order valence-electron chi connectivity index (χ1n) is 17.8. The van der Waals surface area contributed by atoms with Gasteiger partial charge in [-0.25, -0.2) is 0 Å². The first-order chi connectivity index (χ1) is 24.3. The number of fused-ring (bicyclic) bond motifs is 4. The molecule has 3 saturated heterocycles. The maximum absolute atomic E-state index is 13.3. The van der Waals surface area contributed by atoms with Gasteiger partial charge in [0, 0.05) is 92.0 Å². The van der Waals surface area contributed by atoms with Crippen molar-refractivity contribution in [3.05, 3.63) is 71.5 Å². The second-order valence-corrected chi connectivity index (χ2v) is 14.0. The molecule has 2 aromatic carbocycles. The molecule has 3 fully saturated rings. The van der Waals surface area contributed by atoms with Gasteiger partial charge in [0.05, 0.1) is 11.1 Å². The Balaban J connectivity index is 0.772. The van der Waals surface area contributed by atoms with E-state index in [2.05, 4.69) is 43.3 Å². The number of pyridine rings is 1. The molecule has 12 heteroatoms. The first-order valence-corrected chi connectivity index (χ1v) is 17.8. The second-order valence-electron chi connectivity index (χ2n) is 14.0.